The Balaban J connectivity index is 2.25. The molecule has 7 nitrogen and oxygen atoms in total. The number of aromatic hydroxyl groups is 1. The molecule has 1 aliphatic rings. The van der Waals surface area contributed by atoms with Crippen molar-refractivity contribution in [1.29, 1.82) is 0 Å². The number of hydrogen-bond donors (Lipinski definition) is 4. The average Bonchev–Trinajstić information content (AvgIpc) is 2.78. The van der Waals surface area contributed by atoms with Crippen LogP contribution in [0, 0.1) is 0 Å². The lowest BCUT2D eigenvalue weighted by atomic mass is 10.1. The summed E-state index contributed by atoms with van der Waals surface area (Å²) in [5.41, 5.74) is 19.3. The number of allylic oxidation sites excluding steroid dienone is 1. The van der Waals surface area contributed by atoms with Crippen molar-refractivity contribution in [2.75, 3.05) is 26.2 Å². The molecule has 1 fully saturated rings. The van der Waals surface area contributed by atoms with E-state index in [9.17, 15) is 9.90 Å². The average molecular weight is 331 g/mol. The van der Waals surface area contributed by atoms with Gasteiger partial charge in [-0.3, -0.25) is 4.79 Å². The standard InChI is InChI=1S/C17H25N5O2/c1-12(23)21-7-4-8-22(10-9-21)15(17(19)20)11-14(18)13-5-2-3-6-16(13)24/h2-3,5-6,11,24H,4,7-10,18-20H2,1H3/b14-11-. The number of rotatable bonds is 3. The van der Waals surface area contributed by atoms with Crippen LogP contribution >= 0.6 is 0 Å². The highest BCUT2D eigenvalue weighted by atomic mass is 16.3. The van der Waals surface area contributed by atoms with Crippen molar-refractivity contribution in [3.05, 3.63) is 47.4 Å². The predicted octanol–water partition coefficient (Wildman–Crippen LogP) is 0.333. The van der Waals surface area contributed by atoms with E-state index in [4.69, 9.17) is 17.2 Å². The topological polar surface area (TPSA) is 122 Å². The minimum absolute atomic E-state index is 0.0624. The monoisotopic (exact) mass is 331 g/mol. The maximum Gasteiger partial charge on any atom is 0.219 e. The van der Waals surface area contributed by atoms with E-state index >= 15 is 0 Å². The van der Waals surface area contributed by atoms with Gasteiger partial charge in [0.1, 0.15) is 11.6 Å². The second kappa shape index (κ2) is 7.63. The van der Waals surface area contributed by atoms with E-state index in [1.54, 1.807) is 42.2 Å². The fraction of sp³-hybridized carbons (Fsp3) is 0.353. The summed E-state index contributed by atoms with van der Waals surface area (Å²) < 4.78 is 0. The van der Waals surface area contributed by atoms with Crippen LogP contribution < -0.4 is 17.2 Å². The molecule has 1 aliphatic heterocycles. The molecular weight excluding hydrogens is 306 g/mol. The van der Waals surface area contributed by atoms with E-state index in [-0.39, 0.29) is 17.5 Å². The fourth-order valence-electron chi connectivity index (χ4n) is 2.77. The molecule has 0 aliphatic carbocycles. The van der Waals surface area contributed by atoms with Crippen molar-refractivity contribution in [3.8, 4) is 5.75 Å². The molecular formula is C17H25N5O2. The lowest BCUT2D eigenvalue weighted by Crippen LogP contribution is -2.34. The van der Waals surface area contributed by atoms with Gasteiger partial charge >= 0.3 is 0 Å². The molecule has 1 saturated heterocycles. The van der Waals surface area contributed by atoms with Gasteiger partial charge in [0.25, 0.3) is 0 Å². The van der Waals surface area contributed by atoms with Gasteiger partial charge in [-0.15, -0.1) is 0 Å². The van der Waals surface area contributed by atoms with Crippen molar-refractivity contribution in [2.24, 2.45) is 17.2 Å². The molecule has 0 atom stereocenters. The number of hydrogen-bond acceptors (Lipinski definition) is 6. The first-order chi connectivity index (χ1) is 11.4. The number of benzene rings is 1. The molecule has 1 aromatic carbocycles. The van der Waals surface area contributed by atoms with E-state index in [2.05, 4.69) is 0 Å². The van der Waals surface area contributed by atoms with Gasteiger partial charge in [-0.25, -0.2) is 0 Å². The summed E-state index contributed by atoms with van der Waals surface area (Å²) in [6, 6.07) is 6.82. The number of para-hydroxylation sites is 1. The van der Waals surface area contributed by atoms with E-state index in [1.165, 1.54) is 0 Å². The molecule has 0 saturated carbocycles. The van der Waals surface area contributed by atoms with Gasteiger partial charge in [0, 0.05) is 44.4 Å². The molecule has 130 valence electrons. The molecule has 7 heteroatoms. The molecule has 0 unspecified atom stereocenters. The minimum atomic E-state index is 0.0624. The highest BCUT2D eigenvalue weighted by Gasteiger charge is 2.19. The van der Waals surface area contributed by atoms with Crippen molar-refractivity contribution in [3.63, 3.8) is 0 Å². The van der Waals surface area contributed by atoms with Crippen LogP contribution in [-0.2, 0) is 4.79 Å². The zero-order valence-corrected chi connectivity index (χ0v) is 13.9. The van der Waals surface area contributed by atoms with Gasteiger partial charge in [0.05, 0.1) is 5.70 Å². The van der Waals surface area contributed by atoms with Crippen LogP contribution in [-0.4, -0.2) is 47.0 Å². The third kappa shape index (κ3) is 4.13. The molecule has 0 spiro atoms. The summed E-state index contributed by atoms with van der Waals surface area (Å²) in [5, 5.41) is 9.93. The molecule has 7 N–H and O–H groups in total. The number of nitrogens with two attached hydrogens (primary N) is 3. The van der Waals surface area contributed by atoms with Gasteiger partial charge in [0.15, 0.2) is 0 Å². The number of amides is 1. The van der Waals surface area contributed by atoms with Crippen LogP contribution in [0.15, 0.2) is 41.9 Å². The summed E-state index contributed by atoms with van der Waals surface area (Å²) in [6.07, 6.45) is 2.49. The normalized spacial score (nSPS) is 15.8. The van der Waals surface area contributed by atoms with Gasteiger partial charge in [0.2, 0.25) is 5.91 Å². The maximum atomic E-state index is 11.5. The molecule has 1 aromatic rings. The lowest BCUT2D eigenvalue weighted by molar-refractivity contribution is -0.128. The summed E-state index contributed by atoms with van der Waals surface area (Å²) in [4.78, 5) is 15.4. The van der Waals surface area contributed by atoms with Gasteiger partial charge in [-0.1, -0.05) is 12.1 Å². The molecule has 2 rings (SSSR count). The molecule has 1 heterocycles. The number of phenols is 1. The van der Waals surface area contributed by atoms with E-state index < -0.39 is 0 Å². The van der Waals surface area contributed by atoms with Crippen molar-refractivity contribution in [2.45, 2.75) is 13.3 Å². The zero-order chi connectivity index (χ0) is 17.7. The van der Waals surface area contributed by atoms with Crippen molar-refractivity contribution < 1.29 is 9.90 Å². The SMILES string of the molecule is CC(=O)N1CCCN(C(/C=C(\N)c2ccccc2O)=C(N)N)CC1. The largest absolute Gasteiger partial charge is 0.507 e. The van der Waals surface area contributed by atoms with Crippen LogP contribution in [0.25, 0.3) is 5.70 Å². The van der Waals surface area contributed by atoms with Crippen LogP contribution in [0.5, 0.6) is 5.75 Å². The highest BCUT2D eigenvalue weighted by molar-refractivity contribution is 5.73. The molecule has 24 heavy (non-hydrogen) atoms. The first kappa shape index (κ1) is 17.5. The number of nitrogens with zero attached hydrogens (tertiary/aromatic N) is 2. The number of carbonyl (C=O) groups excluding carboxylic acids is 1. The van der Waals surface area contributed by atoms with Crippen LogP contribution in [0.2, 0.25) is 0 Å². The summed E-state index contributed by atoms with van der Waals surface area (Å²) >= 11 is 0. The summed E-state index contributed by atoms with van der Waals surface area (Å²) in [5.74, 6) is 0.317. The van der Waals surface area contributed by atoms with Crippen LogP contribution in [0.3, 0.4) is 0 Å². The van der Waals surface area contributed by atoms with Gasteiger partial charge in [-0.2, -0.15) is 0 Å². The predicted molar refractivity (Wildman–Crippen MR) is 94.1 cm³/mol. The Kier molecular flexibility index (Phi) is 5.57. The zero-order valence-electron chi connectivity index (χ0n) is 13.9. The van der Waals surface area contributed by atoms with Gasteiger partial charge in [-0.05, 0) is 24.6 Å². The van der Waals surface area contributed by atoms with Gasteiger partial charge < -0.3 is 32.1 Å². The Labute approximate surface area is 142 Å². The number of phenolic OH excluding ortho intramolecular Hbond substituents is 1. The van der Waals surface area contributed by atoms with E-state index in [0.29, 0.717) is 36.6 Å². The molecule has 1 amide bonds. The first-order valence-electron chi connectivity index (χ1n) is 7.91. The van der Waals surface area contributed by atoms with E-state index in [1.807, 2.05) is 4.90 Å². The van der Waals surface area contributed by atoms with Crippen molar-refractivity contribution in [1.82, 2.24) is 9.80 Å². The van der Waals surface area contributed by atoms with Crippen LogP contribution in [0.1, 0.15) is 18.9 Å². The third-order valence-electron chi connectivity index (χ3n) is 4.08. The van der Waals surface area contributed by atoms with Crippen molar-refractivity contribution >= 4 is 11.6 Å². The highest BCUT2D eigenvalue weighted by Crippen LogP contribution is 2.23. The number of carbonyl (C=O) groups is 1. The lowest BCUT2D eigenvalue weighted by Gasteiger charge is -2.25. The van der Waals surface area contributed by atoms with Crippen LogP contribution in [0.4, 0.5) is 0 Å². The summed E-state index contributed by atoms with van der Waals surface area (Å²) in [7, 11) is 0. The second-order valence-electron chi connectivity index (χ2n) is 5.80. The first-order valence-corrected chi connectivity index (χ1v) is 7.91. The summed E-state index contributed by atoms with van der Waals surface area (Å²) in [6.45, 7) is 4.23. The molecule has 0 radical (unpaired) electrons. The minimum Gasteiger partial charge on any atom is -0.507 e. The Morgan fingerprint density at radius 3 is 2.33 bits per heavy atom. The van der Waals surface area contributed by atoms with E-state index in [0.717, 1.165) is 13.0 Å². The Hall–Kier alpha value is -2.83. The smallest absolute Gasteiger partial charge is 0.219 e. The second-order valence-corrected chi connectivity index (χ2v) is 5.80. The molecule has 0 aromatic heterocycles. The Morgan fingerprint density at radius 2 is 1.71 bits per heavy atom. The Bertz CT molecular complexity index is 665. The maximum absolute atomic E-state index is 11.5. The third-order valence-corrected chi connectivity index (χ3v) is 4.08. The molecule has 0 bridgehead atoms. The quantitative estimate of drug-likeness (QED) is 0.592. The Morgan fingerprint density at radius 1 is 1.08 bits per heavy atom. The fourth-order valence-corrected chi connectivity index (χ4v) is 2.77.